The first kappa shape index (κ1) is 16.4. The minimum Gasteiger partial charge on any atom is -0.481 e. The highest BCUT2D eigenvalue weighted by atomic mass is 32.1. The Morgan fingerprint density at radius 2 is 2.12 bits per heavy atom. The van der Waals surface area contributed by atoms with Crippen molar-refractivity contribution < 1.29 is 9.53 Å². The van der Waals surface area contributed by atoms with Gasteiger partial charge in [-0.3, -0.25) is 4.79 Å². The molecule has 2 aromatic heterocycles. The van der Waals surface area contributed by atoms with Crippen LogP contribution in [0.3, 0.4) is 0 Å². The first-order valence-corrected chi connectivity index (χ1v) is 9.03. The molecular weight excluding hydrogens is 346 g/mol. The fraction of sp³-hybridized carbons (Fsp3) is 0.200. The van der Waals surface area contributed by atoms with Gasteiger partial charge in [0, 0.05) is 16.6 Å². The Hall–Kier alpha value is -3.04. The number of benzene rings is 1. The van der Waals surface area contributed by atoms with Gasteiger partial charge in [-0.2, -0.15) is 0 Å². The van der Waals surface area contributed by atoms with Gasteiger partial charge in [-0.15, -0.1) is 17.8 Å². The summed E-state index contributed by atoms with van der Waals surface area (Å²) in [6, 6.07) is 9.57. The van der Waals surface area contributed by atoms with Crippen LogP contribution in [0, 0.1) is 26.2 Å². The number of aromatic nitrogens is 1. The van der Waals surface area contributed by atoms with Crippen LogP contribution < -0.4 is 15.4 Å². The molecule has 1 unspecified atom stereocenters. The number of carbonyl (C=O) groups excluding carboxylic acids is 1. The van der Waals surface area contributed by atoms with Crippen molar-refractivity contribution in [3.05, 3.63) is 52.0 Å². The summed E-state index contributed by atoms with van der Waals surface area (Å²) in [5.41, 5.74) is 3.70. The quantitative estimate of drug-likeness (QED) is 0.695. The van der Waals surface area contributed by atoms with Crippen molar-refractivity contribution in [2.75, 3.05) is 11.9 Å². The number of pyridine rings is 1. The van der Waals surface area contributed by atoms with Crippen LogP contribution in [0.1, 0.15) is 32.7 Å². The van der Waals surface area contributed by atoms with Crippen LogP contribution in [0.4, 0.5) is 5.69 Å². The van der Waals surface area contributed by atoms with E-state index in [1.54, 1.807) is 0 Å². The molecule has 1 amide bonds. The van der Waals surface area contributed by atoms with Crippen molar-refractivity contribution in [1.29, 1.82) is 0 Å². The Kier molecular flexibility index (Phi) is 4.02. The van der Waals surface area contributed by atoms with E-state index in [9.17, 15) is 4.79 Å². The summed E-state index contributed by atoms with van der Waals surface area (Å²) in [5, 5.41) is 7.45. The number of nitrogens with one attached hydrogen (secondary N) is 2. The SMILES string of the molecule is C#CCOc1ccccc1C1NC(=O)c2sc3nc(C)cc(C)c3c2N1. The predicted octanol–water partition coefficient (Wildman–Crippen LogP) is 3.78. The number of ether oxygens (including phenoxy) is 1. The highest BCUT2D eigenvalue weighted by molar-refractivity contribution is 7.21. The summed E-state index contributed by atoms with van der Waals surface area (Å²) in [6.45, 7) is 4.17. The summed E-state index contributed by atoms with van der Waals surface area (Å²) in [7, 11) is 0. The van der Waals surface area contributed by atoms with Gasteiger partial charge in [-0.25, -0.2) is 4.98 Å². The summed E-state index contributed by atoms with van der Waals surface area (Å²) in [4.78, 5) is 18.8. The third-order valence-electron chi connectivity index (χ3n) is 4.30. The van der Waals surface area contributed by atoms with Crippen molar-refractivity contribution in [3.63, 3.8) is 0 Å². The molecule has 3 aromatic rings. The lowest BCUT2D eigenvalue weighted by atomic mass is 10.1. The highest BCUT2D eigenvalue weighted by Gasteiger charge is 2.31. The number of thiophene rings is 1. The second-order valence-electron chi connectivity index (χ2n) is 6.15. The number of amides is 1. The van der Waals surface area contributed by atoms with E-state index in [2.05, 4.69) is 21.5 Å². The molecule has 5 nitrogen and oxygen atoms in total. The molecule has 0 radical (unpaired) electrons. The molecule has 1 atom stereocenters. The van der Waals surface area contributed by atoms with Gasteiger partial charge < -0.3 is 15.4 Å². The maximum Gasteiger partial charge on any atom is 0.265 e. The van der Waals surface area contributed by atoms with E-state index < -0.39 is 6.17 Å². The average molecular weight is 363 g/mol. The predicted molar refractivity (Wildman–Crippen MR) is 104 cm³/mol. The number of fused-ring (bicyclic) bond motifs is 3. The molecule has 1 aliphatic rings. The van der Waals surface area contributed by atoms with Gasteiger partial charge in [0.2, 0.25) is 0 Å². The van der Waals surface area contributed by atoms with Gasteiger partial charge in [-0.1, -0.05) is 24.1 Å². The fourth-order valence-electron chi connectivity index (χ4n) is 3.24. The number of hydrogen-bond acceptors (Lipinski definition) is 5. The van der Waals surface area contributed by atoms with Gasteiger partial charge in [0.25, 0.3) is 5.91 Å². The van der Waals surface area contributed by atoms with Crippen molar-refractivity contribution in [3.8, 4) is 18.1 Å². The Balaban J connectivity index is 1.80. The van der Waals surface area contributed by atoms with E-state index in [0.29, 0.717) is 10.6 Å². The number of carbonyl (C=O) groups is 1. The Labute approximate surface area is 155 Å². The molecule has 0 spiro atoms. The second-order valence-corrected chi connectivity index (χ2v) is 7.15. The maximum absolute atomic E-state index is 12.7. The highest BCUT2D eigenvalue weighted by Crippen LogP contribution is 2.41. The third-order valence-corrected chi connectivity index (χ3v) is 5.38. The molecule has 1 aliphatic heterocycles. The summed E-state index contributed by atoms with van der Waals surface area (Å²) < 4.78 is 5.63. The molecule has 4 rings (SSSR count). The van der Waals surface area contributed by atoms with Gasteiger partial charge in [0.15, 0.2) is 0 Å². The topological polar surface area (TPSA) is 63.2 Å². The van der Waals surface area contributed by atoms with Gasteiger partial charge in [0.1, 0.15) is 28.2 Å². The molecular formula is C20H17N3O2S. The first-order chi connectivity index (χ1) is 12.6. The van der Waals surface area contributed by atoms with Gasteiger partial charge >= 0.3 is 0 Å². The molecule has 0 saturated heterocycles. The number of aryl methyl sites for hydroxylation is 2. The van der Waals surface area contributed by atoms with E-state index in [1.165, 1.54) is 11.3 Å². The van der Waals surface area contributed by atoms with E-state index >= 15 is 0 Å². The minimum atomic E-state index is -0.400. The lowest BCUT2D eigenvalue weighted by molar-refractivity contribution is 0.0940. The van der Waals surface area contributed by atoms with Crippen LogP contribution in [-0.4, -0.2) is 17.5 Å². The molecule has 1 aromatic carbocycles. The molecule has 0 bridgehead atoms. The van der Waals surface area contributed by atoms with Crippen molar-refractivity contribution in [2.24, 2.45) is 0 Å². The van der Waals surface area contributed by atoms with Gasteiger partial charge in [0.05, 0.1) is 5.69 Å². The second kappa shape index (κ2) is 6.36. The largest absolute Gasteiger partial charge is 0.481 e. The van der Waals surface area contributed by atoms with E-state index in [0.717, 1.165) is 32.7 Å². The van der Waals surface area contributed by atoms with Crippen LogP contribution in [0.5, 0.6) is 5.75 Å². The van der Waals surface area contributed by atoms with Crippen LogP contribution in [0.25, 0.3) is 10.2 Å². The monoisotopic (exact) mass is 363 g/mol. The Morgan fingerprint density at radius 3 is 2.92 bits per heavy atom. The first-order valence-electron chi connectivity index (χ1n) is 8.22. The van der Waals surface area contributed by atoms with Crippen LogP contribution in [0.15, 0.2) is 30.3 Å². The van der Waals surface area contributed by atoms with Crippen LogP contribution >= 0.6 is 11.3 Å². The van der Waals surface area contributed by atoms with Crippen molar-refractivity contribution >= 4 is 33.1 Å². The number of hydrogen-bond donors (Lipinski definition) is 2. The normalized spacial score (nSPS) is 15.7. The number of nitrogens with zero attached hydrogens (tertiary/aromatic N) is 1. The zero-order valence-corrected chi connectivity index (χ0v) is 15.2. The van der Waals surface area contributed by atoms with Crippen molar-refractivity contribution in [2.45, 2.75) is 20.0 Å². The minimum absolute atomic E-state index is 0.115. The molecule has 26 heavy (non-hydrogen) atoms. The molecule has 6 heteroatoms. The maximum atomic E-state index is 12.7. The number of anilines is 1. The zero-order chi connectivity index (χ0) is 18.3. The summed E-state index contributed by atoms with van der Waals surface area (Å²) >= 11 is 1.41. The summed E-state index contributed by atoms with van der Waals surface area (Å²) in [5.74, 6) is 3.00. The third kappa shape index (κ3) is 2.67. The van der Waals surface area contributed by atoms with Crippen LogP contribution in [-0.2, 0) is 0 Å². The molecule has 3 heterocycles. The molecule has 0 aliphatic carbocycles. The number of para-hydroxylation sites is 1. The Morgan fingerprint density at radius 1 is 1.31 bits per heavy atom. The number of terminal acetylenes is 1. The lowest BCUT2D eigenvalue weighted by Crippen LogP contribution is -2.37. The smallest absolute Gasteiger partial charge is 0.265 e. The molecule has 0 fully saturated rings. The van der Waals surface area contributed by atoms with Crippen molar-refractivity contribution in [1.82, 2.24) is 10.3 Å². The molecule has 0 saturated carbocycles. The zero-order valence-electron chi connectivity index (χ0n) is 14.4. The fourth-order valence-corrected chi connectivity index (χ4v) is 4.40. The molecule has 2 N–H and O–H groups in total. The Bertz CT molecular complexity index is 1060. The molecule has 130 valence electrons. The number of rotatable bonds is 3. The lowest BCUT2D eigenvalue weighted by Gasteiger charge is -2.27. The van der Waals surface area contributed by atoms with E-state index in [4.69, 9.17) is 11.2 Å². The van der Waals surface area contributed by atoms with Gasteiger partial charge in [-0.05, 0) is 31.5 Å². The van der Waals surface area contributed by atoms with E-state index in [-0.39, 0.29) is 12.5 Å². The standard InChI is InChI=1S/C20H17N3O2S/c1-4-9-25-14-8-6-5-7-13(14)18-22-16-15-11(2)10-12(3)21-20(15)26-17(16)19(24)23-18/h1,5-8,10,18,22H,9H2,2-3H3,(H,23,24). The van der Waals surface area contributed by atoms with Crippen LogP contribution in [0.2, 0.25) is 0 Å². The van der Waals surface area contributed by atoms with E-state index in [1.807, 2.05) is 44.2 Å². The summed E-state index contributed by atoms with van der Waals surface area (Å²) in [6.07, 6.45) is 4.90. The average Bonchev–Trinajstić information content (AvgIpc) is 2.99.